The normalized spacial score (nSPS) is 18.1. The molecule has 1 aliphatic rings. The molecule has 3 aromatic rings. The summed E-state index contributed by atoms with van der Waals surface area (Å²) in [6.45, 7) is 4.26. The van der Waals surface area contributed by atoms with Crippen LogP contribution in [0, 0.1) is 28.8 Å². The number of ether oxygens (including phenoxy) is 5. The standard InChI is InChI=1S/C33H31F3N4O7S/c1-3-12-43-32(42)46-18-30(41)47-33(19-40-21-38-20-39-40,27-11-10-25(34)14-29(27)36)22(2)48-26-16-44-31(45-17-26)7-5-4-6-24-9-8-23(15-37)13-28(24)35/h3-11,13-14,20-22,26,31H,1,12,16-19H2,2H3/b6-4+,7-5+/t22-,26-,31-,33-/m1/s1. The summed E-state index contributed by atoms with van der Waals surface area (Å²) in [5.74, 6) is -3.37. The SMILES string of the molecule is C=CCOC(=O)OCC(=O)O[C@@](Cn1cncn1)(c1ccc(F)cc1F)[C@@H](C)S[C@H]1CO[C@H](/C=C/C=C/c2ccc(C#N)cc2F)OC1. The number of aromatic nitrogens is 3. The van der Waals surface area contributed by atoms with Crippen LogP contribution in [0.3, 0.4) is 0 Å². The van der Waals surface area contributed by atoms with E-state index in [1.165, 1.54) is 59.4 Å². The van der Waals surface area contributed by atoms with Crippen molar-refractivity contribution in [2.45, 2.75) is 35.9 Å². The van der Waals surface area contributed by atoms with Gasteiger partial charge in [0.05, 0.1) is 36.6 Å². The quantitative estimate of drug-likeness (QED) is 0.121. The molecule has 1 saturated heterocycles. The van der Waals surface area contributed by atoms with Gasteiger partial charge in [-0.3, -0.25) is 0 Å². The van der Waals surface area contributed by atoms with E-state index in [4.69, 9.17) is 28.9 Å². The van der Waals surface area contributed by atoms with Crippen LogP contribution in [-0.4, -0.2) is 70.1 Å². The summed E-state index contributed by atoms with van der Waals surface area (Å²) in [4.78, 5) is 28.8. The van der Waals surface area contributed by atoms with Crippen molar-refractivity contribution >= 4 is 30.0 Å². The van der Waals surface area contributed by atoms with Gasteiger partial charge in [-0.25, -0.2) is 32.4 Å². The van der Waals surface area contributed by atoms with Crippen LogP contribution in [0.1, 0.15) is 23.6 Å². The minimum Gasteiger partial charge on any atom is -0.448 e. The molecule has 2 atom stereocenters. The highest BCUT2D eigenvalue weighted by molar-refractivity contribution is 8.00. The van der Waals surface area contributed by atoms with E-state index in [0.717, 1.165) is 12.1 Å². The number of carbonyl (C=O) groups excluding carboxylic acids is 2. The summed E-state index contributed by atoms with van der Waals surface area (Å²) < 4.78 is 72.1. The molecule has 0 N–H and O–H groups in total. The molecule has 0 unspecified atom stereocenters. The van der Waals surface area contributed by atoms with E-state index in [2.05, 4.69) is 16.7 Å². The molecule has 0 spiro atoms. The van der Waals surface area contributed by atoms with Gasteiger partial charge in [0, 0.05) is 22.4 Å². The van der Waals surface area contributed by atoms with Crippen molar-refractivity contribution in [3.05, 3.63) is 114 Å². The molecule has 0 saturated carbocycles. The number of halogens is 3. The number of esters is 1. The van der Waals surface area contributed by atoms with Gasteiger partial charge in [0.1, 0.15) is 36.7 Å². The maximum atomic E-state index is 15.5. The van der Waals surface area contributed by atoms with Gasteiger partial charge in [0.2, 0.25) is 0 Å². The molecule has 2 aromatic carbocycles. The van der Waals surface area contributed by atoms with E-state index < -0.39 is 53.3 Å². The molecule has 11 nitrogen and oxygen atoms in total. The molecule has 1 fully saturated rings. The predicted molar refractivity (Wildman–Crippen MR) is 167 cm³/mol. The van der Waals surface area contributed by atoms with Gasteiger partial charge in [0.25, 0.3) is 0 Å². The fraction of sp³-hybridized carbons (Fsp3) is 0.303. The number of nitriles is 1. The first-order valence-corrected chi connectivity index (χ1v) is 15.4. The lowest BCUT2D eigenvalue weighted by Gasteiger charge is -2.40. The van der Waals surface area contributed by atoms with Crippen molar-refractivity contribution in [1.82, 2.24) is 14.8 Å². The van der Waals surface area contributed by atoms with Crippen LogP contribution >= 0.6 is 11.8 Å². The molecular formula is C33H31F3N4O7S. The Morgan fingerprint density at radius 1 is 1.17 bits per heavy atom. The minimum absolute atomic E-state index is 0.143. The molecule has 252 valence electrons. The fourth-order valence-electron chi connectivity index (χ4n) is 4.64. The molecular weight excluding hydrogens is 653 g/mol. The fourth-order valence-corrected chi connectivity index (χ4v) is 6.01. The zero-order chi connectivity index (χ0) is 34.5. The third-order valence-electron chi connectivity index (χ3n) is 6.90. The van der Waals surface area contributed by atoms with Crippen LogP contribution in [-0.2, 0) is 40.6 Å². The predicted octanol–water partition coefficient (Wildman–Crippen LogP) is 5.48. The molecule has 1 aliphatic heterocycles. The first kappa shape index (κ1) is 35.9. The molecule has 0 bridgehead atoms. The average Bonchev–Trinajstić information content (AvgIpc) is 3.58. The Morgan fingerprint density at radius 3 is 2.62 bits per heavy atom. The second-order valence-corrected chi connectivity index (χ2v) is 11.9. The highest BCUT2D eigenvalue weighted by Crippen LogP contribution is 2.42. The van der Waals surface area contributed by atoms with Gasteiger partial charge in [-0.15, -0.1) is 11.8 Å². The van der Waals surface area contributed by atoms with E-state index in [9.17, 15) is 18.4 Å². The van der Waals surface area contributed by atoms with Gasteiger partial charge in [-0.1, -0.05) is 36.9 Å². The largest absolute Gasteiger partial charge is 0.509 e. The molecule has 0 amide bonds. The van der Waals surface area contributed by atoms with Crippen molar-refractivity contribution in [2.75, 3.05) is 26.4 Å². The Kier molecular flexibility index (Phi) is 13.0. The second kappa shape index (κ2) is 17.3. The van der Waals surface area contributed by atoms with Crippen LogP contribution in [0.4, 0.5) is 18.0 Å². The summed E-state index contributed by atoms with van der Waals surface area (Å²) in [6, 6.07) is 8.93. The van der Waals surface area contributed by atoms with Crippen LogP contribution in [0.25, 0.3) is 6.08 Å². The van der Waals surface area contributed by atoms with E-state index in [1.807, 2.05) is 6.07 Å². The average molecular weight is 685 g/mol. The minimum atomic E-state index is -1.82. The van der Waals surface area contributed by atoms with E-state index in [-0.39, 0.29) is 42.7 Å². The number of rotatable bonds is 14. The zero-order valence-electron chi connectivity index (χ0n) is 25.7. The Hall–Kier alpha value is -4.91. The van der Waals surface area contributed by atoms with Crippen LogP contribution in [0.5, 0.6) is 0 Å². The number of thioether (sulfide) groups is 1. The Morgan fingerprint density at radius 2 is 1.96 bits per heavy atom. The molecule has 4 rings (SSSR count). The van der Waals surface area contributed by atoms with Crippen molar-refractivity contribution in [3.63, 3.8) is 0 Å². The highest BCUT2D eigenvalue weighted by Gasteiger charge is 2.47. The van der Waals surface area contributed by atoms with Crippen molar-refractivity contribution < 1.29 is 46.4 Å². The number of nitrogens with zero attached hydrogens (tertiary/aromatic N) is 4. The maximum absolute atomic E-state index is 15.5. The number of benzene rings is 2. The van der Waals surface area contributed by atoms with Crippen LogP contribution in [0.15, 0.2) is 79.9 Å². The van der Waals surface area contributed by atoms with Crippen LogP contribution in [0.2, 0.25) is 0 Å². The smallest absolute Gasteiger partial charge is 0.448 e. The topological polar surface area (TPSA) is 135 Å². The number of carbonyl (C=O) groups is 2. The monoisotopic (exact) mass is 684 g/mol. The Balaban J connectivity index is 1.48. The summed E-state index contributed by atoms with van der Waals surface area (Å²) >= 11 is 1.27. The van der Waals surface area contributed by atoms with E-state index in [0.29, 0.717) is 11.6 Å². The van der Waals surface area contributed by atoms with Crippen molar-refractivity contribution in [2.24, 2.45) is 0 Å². The van der Waals surface area contributed by atoms with Crippen LogP contribution < -0.4 is 0 Å². The van der Waals surface area contributed by atoms with Gasteiger partial charge in [0.15, 0.2) is 18.5 Å². The van der Waals surface area contributed by atoms with E-state index >= 15 is 4.39 Å². The first-order chi connectivity index (χ1) is 23.1. The molecule has 15 heteroatoms. The van der Waals surface area contributed by atoms with Gasteiger partial charge < -0.3 is 23.7 Å². The van der Waals surface area contributed by atoms with Crippen molar-refractivity contribution in [3.8, 4) is 6.07 Å². The number of hydrogen-bond acceptors (Lipinski definition) is 11. The number of allylic oxidation sites excluding steroid dienone is 2. The van der Waals surface area contributed by atoms with Gasteiger partial charge in [-0.05, 0) is 37.3 Å². The maximum Gasteiger partial charge on any atom is 0.509 e. The first-order valence-electron chi connectivity index (χ1n) is 14.5. The molecule has 0 radical (unpaired) electrons. The lowest BCUT2D eigenvalue weighted by Crippen LogP contribution is -2.47. The summed E-state index contributed by atoms with van der Waals surface area (Å²) in [5.41, 5.74) is -1.44. The molecule has 2 heterocycles. The highest BCUT2D eigenvalue weighted by atomic mass is 32.2. The third-order valence-corrected chi connectivity index (χ3v) is 8.35. The van der Waals surface area contributed by atoms with E-state index in [1.54, 1.807) is 25.2 Å². The Labute approximate surface area is 278 Å². The van der Waals surface area contributed by atoms with Gasteiger partial charge in [-0.2, -0.15) is 10.4 Å². The zero-order valence-corrected chi connectivity index (χ0v) is 26.5. The summed E-state index contributed by atoms with van der Waals surface area (Å²) in [6.07, 6.45) is 8.47. The third kappa shape index (κ3) is 9.80. The lowest BCUT2D eigenvalue weighted by atomic mass is 9.89. The Bertz CT molecular complexity index is 1670. The summed E-state index contributed by atoms with van der Waals surface area (Å²) in [7, 11) is 0. The number of hydrogen-bond donors (Lipinski definition) is 0. The molecule has 1 aromatic heterocycles. The molecule has 0 aliphatic carbocycles. The van der Waals surface area contributed by atoms with Crippen molar-refractivity contribution in [1.29, 1.82) is 5.26 Å². The van der Waals surface area contributed by atoms with Gasteiger partial charge >= 0.3 is 12.1 Å². The lowest BCUT2D eigenvalue weighted by molar-refractivity contribution is -0.167. The molecule has 48 heavy (non-hydrogen) atoms. The summed E-state index contributed by atoms with van der Waals surface area (Å²) in [5, 5.41) is 11.9. The second-order valence-electron chi connectivity index (χ2n) is 10.2.